The smallest absolute Gasteiger partial charge is 0.337 e. The molecule has 0 saturated heterocycles. The Labute approximate surface area is 138 Å². The van der Waals surface area contributed by atoms with Gasteiger partial charge < -0.3 is 10.1 Å². The molecule has 0 saturated carbocycles. The predicted molar refractivity (Wildman–Crippen MR) is 83.7 cm³/mol. The Morgan fingerprint density at radius 3 is 2.83 bits per heavy atom. The number of anilines is 1. The Balaban J connectivity index is 2.17. The first-order chi connectivity index (χ1) is 10.9. The number of aromatic nitrogens is 1. The molecule has 1 aromatic carbocycles. The lowest BCUT2D eigenvalue weighted by Crippen LogP contribution is -2.07. The van der Waals surface area contributed by atoms with Crippen LogP contribution < -0.4 is 5.32 Å². The van der Waals surface area contributed by atoms with Crippen molar-refractivity contribution in [1.29, 1.82) is 0 Å². The summed E-state index contributed by atoms with van der Waals surface area (Å²) in [5, 5.41) is 13.5. The number of hydrogen-bond donors (Lipinski definition) is 1. The summed E-state index contributed by atoms with van der Waals surface area (Å²) in [6.45, 7) is 0.0417. The fourth-order valence-electron chi connectivity index (χ4n) is 1.79. The molecule has 0 aliphatic carbocycles. The monoisotopic (exact) mass is 383 g/mol. The van der Waals surface area contributed by atoms with Gasteiger partial charge in [-0.15, -0.1) is 0 Å². The number of nitrogens with one attached hydrogen (secondary N) is 1. The van der Waals surface area contributed by atoms with Gasteiger partial charge in [-0.05, 0) is 34.1 Å². The molecule has 0 bridgehead atoms. The van der Waals surface area contributed by atoms with Crippen LogP contribution in [0, 0.1) is 15.9 Å². The molecular weight excluding hydrogens is 373 g/mol. The highest BCUT2D eigenvalue weighted by Gasteiger charge is 2.13. The molecule has 0 spiro atoms. The number of pyridine rings is 1. The van der Waals surface area contributed by atoms with Crippen LogP contribution in [0.25, 0.3) is 0 Å². The minimum absolute atomic E-state index is 0.0417. The van der Waals surface area contributed by atoms with Gasteiger partial charge in [-0.1, -0.05) is 0 Å². The van der Waals surface area contributed by atoms with Crippen LogP contribution in [-0.2, 0) is 11.3 Å². The van der Waals surface area contributed by atoms with E-state index >= 15 is 0 Å². The van der Waals surface area contributed by atoms with Crippen molar-refractivity contribution in [3.8, 4) is 0 Å². The van der Waals surface area contributed by atoms with Gasteiger partial charge >= 0.3 is 5.97 Å². The topological polar surface area (TPSA) is 94.4 Å². The summed E-state index contributed by atoms with van der Waals surface area (Å²) in [6.07, 6.45) is 1.09. The SMILES string of the molecule is COC(=O)c1ccc(F)c(CNc2ncc([N+](=O)[O-])cc2Br)c1. The van der Waals surface area contributed by atoms with Gasteiger partial charge in [0.05, 0.1) is 22.1 Å². The summed E-state index contributed by atoms with van der Waals surface area (Å²) >= 11 is 3.16. The Bertz CT molecular complexity index is 770. The number of nitrogens with zero attached hydrogens (tertiary/aromatic N) is 2. The van der Waals surface area contributed by atoms with E-state index in [-0.39, 0.29) is 23.4 Å². The molecule has 1 heterocycles. The summed E-state index contributed by atoms with van der Waals surface area (Å²) in [6, 6.07) is 5.15. The molecule has 23 heavy (non-hydrogen) atoms. The van der Waals surface area contributed by atoms with Crippen molar-refractivity contribution in [2.24, 2.45) is 0 Å². The van der Waals surface area contributed by atoms with Crippen molar-refractivity contribution < 1.29 is 18.8 Å². The highest BCUT2D eigenvalue weighted by molar-refractivity contribution is 9.10. The van der Waals surface area contributed by atoms with Crippen LogP contribution in [-0.4, -0.2) is 23.0 Å². The quantitative estimate of drug-likeness (QED) is 0.483. The van der Waals surface area contributed by atoms with E-state index in [1.165, 1.54) is 31.4 Å². The number of nitro groups is 1. The number of rotatable bonds is 5. The minimum Gasteiger partial charge on any atom is -0.465 e. The standard InChI is InChI=1S/C14H11BrFN3O4/c1-23-14(20)8-2-3-12(16)9(4-8)6-17-13-11(15)5-10(7-18-13)19(21)22/h2-5,7H,6H2,1H3,(H,17,18). The summed E-state index contributed by atoms with van der Waals surface area (Å²) in [4.78, 5) is 25.4. The molecule has 0 atom stereocenters. The van der Waals surface area contributed by atoms with Crippen molar-refractivity contribution in [1.82, 2.24) is 4.98 Å². The molecule has 0 radical (unpaired) electrons. The number of hydrogen-bond acceptors (Lipinski definition) is 6. The van der Waals surface area contributed by atoms with Crippen LogP contribution in [0.2, 0.25) is 0 Å². The van der Waals surface area contributed by atoms with E-state index in [1.54, 1.807) is 0 Å². The van der Waals surface area contributed by atoms with Crippen LogP contribution in [0.3, 0.4) is 0 Å². The van der Waals surface area contributed by atoms with E-state index in [0.29, 0.717) is 10.3 Å². The first-order valence-corrected chi connectivity index (χ1v) is 7.12. The van der Waals surface area contributed by atoms with E-state index in [4.69, 9.17) is 0 Å². The van der Waals surface area contributed by atoms with Crippen LogP contribution in [0.15, 0.2) is 34.9 Å². The summed E-state index contributed by atoms with van der Waals surface area (Å²) in [5.74, 6) is -0.748. The van der Waals surface area contributed by atoms with Crippen LogP contribution in [0.1, 0.15) is 15.9 Å². The molecule has 120 valence electrons. The molecule has 0 fully saturated rings. The second kappa shape index (κ2) is 7.14. The van der Waals surface area contributed by atoms with Crippen molar-refractivity contribution in [3.63, 3.8) is 0 Å². The van der Waals surface area contributed by atoms with Gasteiger partial charge in [0, 0.05) is 18.2 Å². The Kier molecular flexibility index (Phi) is 5.22. The molecule has 7 nitrogen and oxygen atoms in total. The normalized spacial score (nSPS) is 10.2. The zero-order chi connectivity index (χ0) is 17.0. The van der Waals surface area contributed by atoms with E-state index < -0.39 is 16.7 Å². The van der Waals surface area contributed by atoms with E-state index in [9.17, 15) is 19.3 Å². The number of carbonyl (C=O) groups excluding carboxylic acids is 1. The van der Waals surface area contributed by atoms with Gasteiger partial charge in [0.2, 0.25) is 0 Å². The molecule has 1 N–H and O–H groups in total. The van der Waals surface area contributed by atoms with Crippen LogP contribution in [0.5, 0.6) is 0 Å². The van der Waals surface area contributed by atoms with Gasteiger partial charge in [0.25, 0.3) is 5.69 Å². The van der Waals surface area contributed by atoms with Crippen LogP contribution >= 0.6 is 15.9 Å². The molecular formula is C14H11BrFN3O4. The lowest BCUT2D eigenvalue weighted by Gasteiger charge is -2.09. The first kappa shape index (κ1) is 16.8. The second-order valence-corrected chi connectivity index (χ2v) is 5.29. The molecule has 2 rings (SSSR count). The molecule has 2 aromatic rings. The zero-order valence-corrected chi connectivity index (χ0v) is 13.5. The summed E-state index contributed by atoms with van der Waals surface area (Å²) in [5.41, 5.74) is 0.294. The maximum absolute atomic E-state index is 13.8. The molecule has 0 aliphatic heterocycles. The fourth-order valence-corrected chi connectivity index (χ4v) is 2.27. The number of methoxy groups -OCH3 is 1. The average molecular weight is 384 g/mol. The van der Waals surface area contributed by atoms with Gasteiger partial charge in [0.1, 0.15) is 17.8 Å². The van der Waals surface area contributed by atoms with Gasteiger partial charge in [-0.25, -0.2) is 14.2 Å². The largest absolute Gasteiger partial charge is 0.465 e. The third kappa shape index (κ3) is 4.01. The van der Waals surface area contributed by atoms with Crippen molar-refractivity contribution >= 4 is 33.4 Å². The van der Waals surface area contributed by atoms with E-state index in [0.717, 1.165) is 6.20 Å². The molecule has 0 unspecified atom stereocenters. The van der Waals surface area contributed by atoms with E-state index in [1.807, 2.05) is 0 Å². The van der Waals surface area contributed by atoms with Gasteiger partial charge in [0.15, 0.2) is 0 Å². The van der Waals surface area contributed by atoms with Crippen molar-refractivity contribution in [3.05, 3.63) is 62.0 Å². The van der Waals surface area contributed by atoms with Crippen LogP contribution in [0.4, 0.5) is 15.9 Å². The predicted octanol–water partition coefficient (Wildman–Crippen LogP) is 3.29. The molecule has 9 heteroatoms. The Hall–Kier alpha value is -2.55. The highest BCUT2D eigenvalue weighted by atomic mass is 79.9. The fraction of sp³-hybridized carbons (Fsp3) is 0.143. The average Bonchev–Trinajstić information content (AvgIpc) is 2.54. The highest BCUT2D eigenvalue weighted by Crippen LogP contribution is 2.25. The number of carbonyl (C=O) groups is 1. The lowest BCUT2D eigenvalue weighted by atomic mass is 10.1. The first-order valence-electron chi connectivity index (χ1n) is 6.33. The lowest BCUT2D eigenvalue weighted by molar-refractivity contribution is -0.385. The third-order valence-corrected chi connectivity index (χ3v) is 3.56. The number of halogens is 2. The molecule has 0 amide bonds. The zero-order valence-electron chi connectivity index (χ0n) is 11.9. The minimum atomic E-state index is -0.569. The van der Waals surface area contributed by atoms with Crippen molar-refractivity contribution in [2.45, 2.75) is 6.54 Å². The molecule has 0 aliphatic rings. The third-order valence-electron chi connectivity index (χ3n) is 2.95. The number of benzene rings is 1. The van der Waals surface area contributed by atoms with Crippen molar-refractivity contribution in [2.75, 3.05) is 12.4 Å². The van der Waals surface area contributed by atoms with E-state index in [2.05, 4.69) is 31.0 Å². The maximum Gasteiger partial charge on any atom is 0.337 e. The second-order valence-electron chi connectivity index (χ2n) is 4.43. The Morgan fingerprint density at radius 1 is 1.48 bits per heavy atom. The summed E-state index contributed by atoms with van der Waals surface area (Å²) < 4.78 is 18.8. The number of esters is 1. The molecule has 1 aromatic heterocycles. The van der Waals surface area contributed by atoms with Gasteiger partial charge in [-0.3, -0.25) is 10.1 Å². The Morgan fingerprint density at radius 2 is 2.22 bits per heavy atom. The number of ether oxygens (including phenoxy) is 1. The maximum atomic E-state index is 13.8. The summed E-state index contributed by atoms with van der Waals surface area (Å²) in [7, 11) is 1.24. The van der Waals surface area contributed by atoms with Gasteiger partial charge in [-0.2, -0.15) is 0 Å².